The summed E-state index contributed by atoms with van der Waals surface area (Å²) in [4.78, 5) is 60.0. The molecule has 0 spiro atoms. The summed E-state index contributed by atoms with van der Waals surface area (Å²) in [6.45, 7) is 4.59. The third kappa shape index (κ3) is 7.93. The molecule has 0 aromatic heterocycles. The van der Waals surface area contributed by atoms with Gasteiger partial charge in [-0.15, -0.1) is 0 Å². The molecule has 4 bridgehead atoms. The van der Waals surface area contributed by atoms with E-state index in [1.807, 2.05) is 83.5 Å². The number of carbonyl (C=O) groups excluding carboxylic acids is 4. The average Bonchev–Trinajstić information content (AvgIpc) is 3.98. The van der Waals surface area contributed by atoms with Gasteiger partial charge in [-0.05, 0) is 54.8 Å². The number of hydrogen-bond acceptors (Lipinski definition) is 17. The monoisotopic (exact) mass is 1010 g/mol. The van der Waals surface area contributed by atoms with E-state index in [0.717, 1.165) is 16.7 Å². The minimum Gasteiger partial charge on any atom is -0.497 e. The van der Waals surface area contributed by atoms with Crippen LogP contribution < -0.4 is 20.1 Å². The lowest BCUT2D eigenvalue weighted by Gasteiger charge is -2.72. The second-order valence-corrected chi connectivity index (χ2v) is 21.7. The van der Waals surface area contributed by atoms with E-state index in [1.165, 1.54) is 24.0 Å². The van der Waals surface area contributed by atoms with Crippen LogP contribution in [0.1, 0.15) is 43.4 Å². The van der Waals surface area contributed by atoms with Crippen molar-refractivity contribution in [1.82, 2.24) is 25.1 Å². The molecule has 3 aromatic carbocycles. The predicted octanol–water partition coefficient (Wildman–Crippen LogP) is 4.87. The second kappa shape index (κ2) is 19.1. The third-order valence-electron chi connectivity index (χ3n) is 15.1. The van der Waals surface area contributed by atoms with Gasteiger partial charge in [0.2, 0.25) is 11.8 Å². The van der Waals surface area contributed by atoms with Gasteiger partial charge in [-0.25, -0.2) is 18.8 Å². The number of amides is 6. The van der Waals surface area contributed by atoms with Gasteiger partial charge in [0.1, 0.15) is 47.9 Å². The lowest BCUT2D eigenvalue weighted by atomic mass is 9.42. The Hall–Kier alpha value is -4.60. The number of nitrogens with one attached hydrogen (secondary N) is 2. The van der Waals surface area contributed by atoms with Crippen LogP contribution in [0.15, 0.2) is 78.9 Å². The molecule has 6 saturated heterocycles. The molecule has 1 aliphatic carbocycles. The standard InChI is InChI=1S/C47H57N5O16P2/c1-45-39-40-46(45,2)42(54)49-44(56)52(40)38-25-34(35(65-38)26-63-47(28-10-8-7-9-11-28,29-12-16-31(58-3)17-13-29)30-14-18-32(59-4)19-15-30)68-70(57,61-6)64-27-36-33(67-69(60-5)50-20-22-62-23-21-50)24-37(66-36)51(39)43(55)48-41(45)53/h7-19,33-40H,20-27H2,1-6H3,(H,48,53,55)(H,49,54,56)/t33-,34-,35+,36+,37+,38+,39?,40?,45-,46+,69?,70?/m0/s1. The van der Waals surface area contributed by atoms with Crippen LogP contribution in [0.2, 0.25) is 0 Å². The SMILES string of the molecule is COc1ccc(C(OC[C@H]2O[C@@H]3C[C@@H]2OP(=O)(OC)OC[C@H]2O[C@H](C[C@@H]2OP(OC)N2CCOCC2)N2C(=O)NC(=O)[C@]4(C)C2C2N3C(=O)NC(=O)[C@@]24C)(c2ccccc2)c2ccc(OC)cc2)cc1. The van der Waals surface area contributed by atoms with Gasteiger partial charge in [0.15, 0.2) is 0 Å². The second-order valence-electron chi connectivity index (χ2n) is 18.4. The van der Waals surface area contributed by atoms with Crippen LogP contribution in [-0.2, 0) is 61.3 Å². The first-order chi connectivity index (χ1) is 33.7. The maximum absolute atomic E-state index is 14.8. The Morgan fingerprint density at radius 3 is 1.80 bits per heavy atom. The largest absolute Gasteiger partial charge is 0.497 e. The molecule has 4 unspecified atom stereocenters. The normalized spacial score (nSPS) is 34.7. The number of urea groups is 2. The highest BCUT2D eigenvalue weighted by atomic mass is 31.2. The zero-order valence-electron chi connectivity index (χ0n) is 39.5. The third-order valence-corrected chi connectivity index (χ3v) is 18.2. The Morgan fingerprint density at radius 1 is 0.729 bits per heavy atom. The van der Waals surface area contributed by atoms with E-state index in [1.54, 1.807) is 28.1 Å². The number of fused-ring (bicyclic) bond motifs is 7. The number of phosphoric ester groups is 1. The van der Waals surface area contributed by atoms with Crippen molar-refractivity contribution >= 4 is 40.2 Å². The number of phosphoric acid groups is 1. The van der Waals surface area contributed by atoms with Crippen molar-refractivity contribution in [1.29, 1.82) is 0 Å². The number of benzene rings is 3. The fourth-order valence-electron chi connectivity index (χ4n) is 11.3. The summed E-state index contributed by atoms with van der Waals surface area (Å²) in [6, 6.07) is 20.7. The van der Waals surface area contributed by atoms with Gasteiger partial charge in [-0.2, -0.15) is 0 Å². The molecule has 23 heteroatoms. The van der Waals surface area contributed by atoms with E-state index < -0.39 is 112 Å². The summed E-state index contributed by atoms with van der Waals surface area (Å²) in [5.74, 6) is -0.132. The highest BCUT2D eigenvalue weighted by molar-refractivity contribution is 7.48. The van der Waals surface area contributed by atoms with Gasteiger partial charge in [0.25, 0.3) is 8.53 Å². The highest BCUT2D eigenvalue weighted by Crippen LogP contribution is 2.65. The van der Waals surface area contributed by atoms with Crippen molar-refractivity contribution < 1.29 is 74.8 Å². The van der Waals surface area contributed by atoms with Gasteiger partial charge >= 0.3 is 19.9 Å². The molecule has 0 radical (unpaired) electrons. The zero-order chi connectivity index (χ0) is 49.2. The first-order valence-electron chi connectivity index (χ1n) is 23.1. The molecule has 7 aliphatic rings. The van der Waals surface area contributed by atoms with Crippen LogP contribution in [0.25, 0.3) is 0 Å². The summed E-state index contributed by atoms with van der Waals surface area (Å²) in [5, 5.41) is 4.95. The summed E-state index contributed by atoms with van der Waals surface area (Å²) >= 11 is 0. The highest BCUT2D eigenvalue weighted by Gasteiger charge is 2.82. The maximum atomic E-state index is 14.8. The lowest BCUT2D eigenvalue weighted by Crippen LogP contribution is -2.92. The van der Waals surface area contributed by atoms with E-state index in [-0.39, 0.29) is 19.4 Å². The molecule has 1 saturated carbocycles. The number of imide groups is 2. The van der Waals surface area contributed by atoms with Gasteiger partial charge in [0.05, 0.1) is 69.7 Å². The molecular formula is C47H57N5O16P2. The summed E-state index contributed by atoms with van der Waals surface area (Å²) in [6.07, 6.45) is -6.44. The number of rotatable bonds is 13. The molecular weight excluding hydrogens is 952 g/mol. The van der Waals surface area contributed by atoms with Crippen molar-refractivity contribution in [3.05, 3.63) is 95.6 Å². The van der Waals surface area contributed by atoms with E-state index in [0.29, 0.717) is 37.8 Å². The van der Waals surface area contributed by atoms with E-state index >= 15 is 0 Å². The fourth-order valence-corrected chi connectivity index (χ4v) is 13.8. The van der Waals surface area contributed by atoms with Crippen molar-refractivity contribution in [3.8, 4) is 11.5 Å². The number of ether oxygens (including phenoxy) is 6. The molecule has 70 heavy (non-hydrogen) atoms. The van der Waals surface area contributed by atoms with Gasteiger partial charge in [-0.1, -0.05) is 54.6 Å². The van der Waals surface area contributed by atoms with E-state index in [9.17, 15) is 23.7 Å². The van der Waals surface area contributed by atoms with Crippen LogP contribution >= 0.6 is 16.3 Å². The molecule has 21 nitrogen and oxygen atoms in total. The van der Waals surface area contributed by atoms with Crippen LogP contribution in [0.5, 0.6) is 11.5 Å². The first-order valence-corrected chi connectivity index (χ1v) is 25.7. The Labute approximate surface area is 406 Å². The molecule has 3 aromatic rings. The Balaban J connectivity index is 1.06. The van der Waals surface area contributed by atoms with Crippen molar-refractivity contribution in [2.24, 2.45) is 10.8 Å². The van der Waals surface area contributed by atoms with E-state index in [4.69, 9.17) is 51.0 Å². The quantitative estimate of drug-likeness (QED) is 0.172. The summed E-state index contributed by atoms with van der Waals surface area (Å²) in [7, 11) is -0.329. The van der Waals surface area contributed by atoms with Gasteiger partial charge < -0.3 is 37.5 Å². The van der Waals surface area contributed by atoms with Crippen LogP contribution in [0, 0.1) is 10.8 Å². The minimum atomic E-state index is -4.53. The topological polar surface area (TPSA) is 221 Å². The van der Waals surface area contributed by atoms with Crippen molar-refractivity contribution in [2.45, 2.75) is 81.2 Å². The molecule has 12 atom stereocenters. The molecule has 6 heterocycles. The number of nitrogens with zero attached hydrogens (tertiary/aromatic N) is 3. The van der Waals surface area contributed by atoms with Crippen molar-refractivity contribution in [3.63, 3.8) is 0 Å². The van der Waals surface area contributed by atoms with Gasteiger partial charge in [0, 0.05) is 40.2 Å². The number of carbonyl (C=O) groups is 4. The molecule has 6 aliphatic heterocycles. The summed E-state index contributed by atoms with van der Waals surface area (Å²) in [5.41, 5.74) is -2.31. The van der Waals surface area contributed by atoms with Gasteiger partial charge in [-0.3, -0.25) is 43.6 Å². The summed E-state index contributed by atoms with van der Waals surface area (Å²) < 4.78 is 84.8. The van der Waals surface area contributed by atoms with Crippen molar-refractivity contribution in [2.75, 3.05) is 68.0 Å². The molecule has 376 valence electrons. The Morgan fingerprint density at radius 2 is 1.27 bits per heavy atom. The molecule has 7 fully saturated rings. The molecule has 6 amide bonds. The first kappa shape index (κ1) is 49.0. The Kier molecular flexibility index (Phi) is 13.4. The predicted molar refractivity (Wildman–Crippen MR) is 246 cm³/mol. The van der Waals surface area contributed by atoms with Crippen LogP contribution in [0.4, 0.5) is 9.59 Å². The lowest BCUT2D eigenvalue weighted by molar-refractivity contribution is -0.243. The number of hydrogen-bond donors (Lipinski definition) is 2. The van der Waals surface area contributed by atoms with E-state index in [2.05, 4.69) is 10.6 Å². The average molecular weight is 1010 g/mol. The molecule has 10 rings (SSSR count). The minimum absolute atomic E-state index is 0.0456. The smallest absolute Gasteiger partial charge is 0.474 e. The fraction of sp³-hybridized carbons (Fsp3) is 0.532. The van der Waals surface area contributed by atoms with Crippen LogP contribution in [0.3, 0.4) is 0 Å². The zero-order valence-corrected chi connectivity index (χ0v) is 41.3. The number of morpholine rings is 1. The maximum Gasteiger partial charge on any atom is 0.474 e. The molecule has 2 N–H and O–H groups in total. The Bertz CT molecular complexity index is 2460. The number of methoxy groups -OCH3 is 2. The van der Waals surface area contributed by atoms with Crippen LogP contribution in [-0.4, -0.2) is 155 Å².